The van der Waals surface area contributed by atoms with Gasteiger partial charge in [0.2, 0.25) is 5.91 Å². The highest BCUT2D eigenvalue weighted by Gasteiger charge is 2.32. The van der Waals surface area contributed by atoms with E-state index in [0.717, 1.165) is 45.3 Å². The fourth-order valence-corrected chi connectivity index (χ4v) is 4.63. The number of benzene rings is 1. The van der Waals surface area contributed by atoms with Gasteiger partial charge in [-0.15, -0.1) is 0 Å². The van der Waals surface area contributed by atoms with Crippen LogP contribution in [0.25, 0.3) is 6.08 Å². The number of nitrogens with zero attached hydrogens (tertiary/aromatic N) is 2. The zero-order valence-electron chi connectivity index (χ0n) is 14.5. The van der Waals surface area contributed by atoms with Crippen molar-refractivity contribution in [1.82, 2.24) is 4.90 Å². The summed E-state index contributed by atoms with van der Waals surface area (Å²) >= 11 is 0. The van der Waals surface area contributed by atoms with Crippen LogP contribution in [0.1, 0.15) is 50.5 Å². The molecular weight excluding hydrogens is 296 g/mol. The van der Waals surface area contributed by atoms with Gasteiger partial charge in [-0.3, -0.25) is 4.79 Å². The average molecular weight is 324 g/mol. The number of piperidine rings is 1. The molecule has 1 aromatic carbocycles. The van der Waals surface area contributed by atoms with Crippen molar-refractivity contribution in [3.63, 3.8) is 0 Å². The topological polar surface area (TPSA) is 23.6 Å². The normalized spacial score (nSPS) is 27.0. The van der Waals surface area contributed by atoms with E-state index in [1.807, 2.05) is 0 Å². The lowest BCUT2D eigenvalue weighted by atomic mass is 9.83. The van der Waals surface area contributed by atoms with Gasteiger partial charge in [0.25, 0.3) is 0 Å². The van der Waals surface area contributed by atoms with Crippen LogP contribution < -0.4 is 4.90 Å². The van der Waals surface area contributed by atoms with E-state index in [9.17, 15) is 4.79 Å². The van der Waals surface area contributed by atoms with Gasteiger partial charge in [-0.1, -0.05) is 30.4 Å². The second kappa shape index (κ2) is 7.00. The number of carbonyl (C=O) groups is 1. The molecule has 0 unspecified atom stereocenters. The smallest absolute Gasteiger partial charge is 0.225 e. The van der Waals surface area contributed by atoms with E-state index in [-0.39, 0.29) is 5.92 Å². The first-order chi connectivity index (χ1) is 11.8. The van der Waals surface area contributed by atoms with Crippen molar-refractivity contribution in [1.29, 1.82) is 0 Å². The number of likely N-dealkylation sites (tertiary alicyclic amines) is 1. The minimum atomic E-state index is 0.273. The molecule has 3 nitrogen and oxygen atoms in total. The molecule has 1 amide bonds. The number of hydrogen-bond acceptors (Lipinski definition) is 2. The number of carbonyl (C=O) groups excluding carboxylic acids is 1. The summed E-state index contributed by atoms with van der Waals surface area (Å²) in [7, 11) is 0. The van der Waals surface area contributed by atoms with Crippen LogP contribution in [0.2, 0.25) is 0 Å². The third-order valence-electron chi connectivity index (χ3n) is 6.00. The third-order valence-corrected chi connectivity index (χ3v) is 6.00. The Labute approximate surface area is 145 Å². The van der Waals surface area contributed by atoms with Gasteiger partial charge in [-0.25, -0.2) is 0 Å². The first kappa shape index (κ1) is 15.7. The molecule has 1 aromatic rings. The van der Waals surface area contributed by atoms with E-state index in [4.69, 9.17) is 0 Å². The number of fused-ring (bicyclic) bond motifs is 1. The molecule has 3 heteroatoms. The molecule has 2 aliphatic heterocycles. The molecule has 128 valence electrons. The third kappa shape index (κ3) is 3.09. The first-order valence-corrected chi connectivity index (χ1v) is 9.64. The van der Waals surface area contributed by atoms with E-state index in [0.29, 0.717) is 11.9 Å². The van der Waals surface area contributed by atoms with E-state index < -0.39 is 0 Å². The van der Waals surface area contributed by atoms with Gasteiger partial charge in [0.05, 0.1) is 0 Å². The number of amides is 1. The summed E-state index contributed by atoms with van der Waals surface area (Å²) in [6.07, 6.45) is 12.6. The Morgan fingerprint density at radius 3 is 2.50 bits per heavy atom. The second-order valence-electron chi connectivity index (χ2n) is 7.50. The van der Waals surface area contributed by atoms with Crippen molar-refractivity contribution in [3.8, 4) is 0 Å². The van der Waals surface area contributed by atoms with Crippen LogP contribution in [0, 0.1) is 5.92 Å². The highest BCUT2D eigenvalue weighted by molar-refractivity contribution is 5.79. The Hall–Kier alpha value is -1.77. The standard InChI is InChI=1S/C21H28N2O/c24-21(22-14-4-1-5-15-22)18-10-12-19(13-11-18)23-16-6-8-17-7-2-3-9-20(17)23/h2-3,6-9,18-19H,1,4-5,10-16H2. The van der Waals surface area contributed by atoms with Crippen molar-refractivity contribution < 1.29 is 4.79 Å². The lowest BCUT2D eigenvalue weighted by Crippen LogP contribution is -2.44. The van der Waals surface area contributed by atoms with Gasteiger partial charge < -0.3 is 9.80 Å². The van der Waals surface area contributed by atoms with Crippen LogP contribution in [0.3, 0.4) is 0 Å². The number of hydrogen-bond donors (Lipinski definition) is 0. The molecule has 1 saturated carbocycles. The maximum atomic E-state index is 12.7. The van der Waals surface area contributed by atoms with Gasteiger partial charge in [0, 0.05) is 37.3 Å². The molecule has 24 heavy (non-hydrogen) atoms. The molecule has 2 fully saturated rings. The van der Waals surface area contributed by atoms with Crippen LogP contribution in [0.15, 0.2) is 30.3 Å². The van der Waals surface area contributed by atoms with Gasteiger partial charge in [-0.05, 0) is 56.6 Å². The van der Waals surface area contributed by atoms with Gasteiger partial charge >= 0.3 is 0 Å². The Morgan fingerprint density at radius 2 is 1.71 bits per heavy atom. The molecule has 1 saturated heterocycles. The van der Waals surface area contributed by atoms with Crippen molar-refractivity contribution in [3.05, 3.63) is 35.9 Å². The van der Waals surface area contributed by atoms with Crippen LogP contribution in [0.4, 0.5) is 5.69 Å². The summed E-state index contributed by atoms with van der Waals surface area (Å²) in [5.74, 6) is 0.710. The van der Waals surface area contributed by atoms with Crippen LogP contribution in [0.5, 0.6) is 0 Å². The maximum Gasteiger partial charge on any atom is 0.225 e. The van der Waals surface area contributed by atoms with Crippen molar-refractivity contribution >= 4 is 17.7 Å². The van der Waals surface area contributed by atoms with Crippen LogP contribution in [-0.4, -0.2) is 36.5 Å². The number of rotatable bonds is 2. The summed E-state index contributed by atoms with van der Waals surface area (Å²) in [5.41, 5.74) is 2.70. The zero-order chi connectivity index (χ0) is 16.4. The van der Waals surface area contributed by atoms with Crippen molar-refractivity contribution in [2.75, 3.05) is 24.5 Å². The van der Waals surface area contributed by atoms with E-state index in [2.05, 4.69) is 46.2 Å². The Kier molecular flexibility index (Phi) is 4.59. The van der Waals surface area contributed by atoms with Crippen molar-refractivity contribution in [2.24, 2.45) is 5.92 Å². The molecule has 3 aliphatic rings. The zero-order valence-corrected chi connectivity index (χ0v) is 14.5. The van der Waals surface area contributed by atoms with E-state index in [1.165, 1.54) is 30.5 Å². The SMILES string of the molecule is O=C(C1CCC(N2CC=Cc3ccccc32)CC1)N1CCCCC1. The van der Waals surface area contributed by atoms with Crippen molar-refractivity contribution in [2.45, 2.75) is 51.0 Å². The second-order valence-corrected chi connectivity index (χ2v) is 7.50. The minimum Gasteiger partial charge on any atom is -0.364 e. The largest absolute Gasteiger partial charge is 0.364 e. The molecule has 0 radical (unpaired) electrons. The van der Waals surface area contributed by atoms with Gasteiger partial charge in [-0.2, -0.15) is 0 Å². The predicted octanol–water partition coefficient (Wildman–Crippen LogP) is 4.09. The summed E-state index contributed by atoms with van der Waals surface area (Å²) < 4.78 is 0. The summed E-state index contributed by atoms with van der Waals surface area (Å²) in [4.78, 5) is 17.4. The monoisotopic (exact) mass is 324 g/mol. The van der Waals surface area contributed by atoms with Gasteiger partial charge in [0.15, 0.2) is 0 Å². The highest BCUT2D eigenvalue weighted by atomic mass is 16.2. The maximum absolute atomic E-state index is 12.7. The fraction of sp³-hybridized carbons (Fsp3) is 0.571. The molecule has 2 heterocycles. The lowest BCUT2D eigenvalue weighted by Gasteiger charge is -2.40. The Morgan fingerprint density at radius 1 is 0.958 bits per heavy atom. The predicted molar refractivity (Wildman–Crippen MR) is 99.0 cm³/mol. The average Bonchev–Trinajstić information content (AvgIpc) is 2.68. The summed E-state index contributed by atoms with van der Waals surface area (Å²) in [6, 6.07) is 9.27. The Bertz CT molecular complexity index is 610. The quantitative estimate of drug-likeness (QED) is 0.818. The Balaban J connectivity index is 1.38. The lowest BCUT2D eigenvalue weighted by molar-refractivity contribution is -0.137. The first-order valence-electron chi connectivity index (χ1n) is 9.64. The van der Waals surface area contributed by atoms with Crippen LogP contribution in [-0.2, 0) is 4.79 Å². The molecule has 0 atom stereocenters. The minimum absolute atomic E-state index is 0.273. The van der Waals surface area contributed by atoms with Gasteiger partial charge in [0.1, 0.15) is 0 Å². The molecular formula is C21H28N2O. The summed E-state index contributed by atoms with van der Waals surface area (Å²) in [5, 5.41) is 0. The number of para-hydroxylation sites is 1. The summed E-state index contributed by atoms with van der Waals surface area (Å²) in [6.45, 7) is 2.98. The highest BCUT2D eigenvalue weighted by Crippen LogP contribution is 2.35. The molecule has 0 aromatic heterocycles. The van der Waals surface area contributed by atoms with E-state index >= 15 is 0 Å². The molecule has 4 rings (SSSR count). The molecule has 0 bridgehead atoms. The molecule has 0 N–H and O–H groups in total. The molecule has 0 spiro atoms. The van der Waals surface area contributed by atoms with E-state index in [1.54, 1.807) is 0 Å². The number of anilines is 1. The fourth-order valence-electron chi connectivity index (χ4n) is 4.63. The molecule has 1 aliphatic carbocycles. The van der Waals surface area contributed by atoms with Crippen LogP contribution >= 0.6 is 0 Å².